The van der Waals surface area contributed by atoms with Crippen LogP contribution >= 0.6 is 47.8 Å². The predicted molar refractivity (Wildman–Crippen MR) is 118 cm³/mol. The van der Waals surface area contributed by atoms with E-state index in [9.17, 15) is 4.79 Å². The number of para-hydroxylation sites is 1. The van der Waals surface area contributed by atoms with Crippen LogP contribution in [-0.2, 0) is 0 Å². The van der Waals surface area contributed by atoms with Crippen molar-refractivity contribution >= 4 is 64.6 Å². The molecule has 0 saturated carbocycles. The van der Waals surface area contributed by atoms with Crippen molar-refractivity contribution in [2.24, 2.45) is 11.7 Å². The number of halogens is 3. The fourth-order valence-electron chi connectivity index (χ4n) is 3.31. The molecule has 3 heterocycles. The number of nitrogens with zero attached hydrogens (tertiary/aromatic N) is 2. The van der Waals surface area contributed by atoms with Gasteiger partial charge in [0.05, 0.1) is 26.0 Å². The number of rotatable bonds is 3. The zero-order valence-corrected chi connectivity index (χ0v) is 17.6. The molecule has 0 spiro atoms. The molecule has 4 nitrogen and oxygen atoms in total. The molecule has 0 bridgehead atoms. The smallest absolute Gasteiger partial charge is 0.254 e. The number of benzene rings is 1. The van der Waals surface area contributed by atoms with Crippen molar-refractivity contribution < 1.29 is 4.79 Å². The molecule has 144 valence electrons. The van der Waals surface area contributed by atoms with Gasteiger partial charge in [0.2, 0.25) is 0 Å². The Kier molecular flexibility index (Phi) is 7.48. The molecular weight excluding hydrogens is 425 g/mol. The molecule has 1 unspecified atom stereocenters. The third-order valence-corrected chi connectivity index (χ3v) is 5.93. The molecule has 1 atom stereocenters. The number of carbonyl (C=O) groups excluding carboxylic acids is 1. The first kappa shape index (κ1) is 21.9. The molecule has 0 radical (unpaired) electrons. The molecular formula is C19H20Cl3N3OS. The predicted octanol–water partition coefficient (Wildman–Crippen LogP) is 4.88. The second kappa shape index (κ2) is 9.22. The molecule has 1 saturated heterocycles. The molecule has 2 N–H and O–H groups in total. The molecule has 0 aliphatic carbocycles. The molecule has 1 aromatic carbocycles. The summed E-state index contributed by atoms with van der Waals surface area (Å²) in [5.41, 5.74) is 8.07. The van der Waals surface area contributed by atoms with E-state index in [0.717, 1.165) is 41.0 Å². The van der Waals surface area contributed by atoms with E-state index in [1.54, 1.807) is 0 Å². The minimum atomic E-state index is 0. The normalized spacial score (nSPS) is 16.1. The molecule has 8 heteroatoms. The molecule has 4 rings (SSSR count). The van der Waals surface area contributed by atoms with Crippen LogP contribution in [0.25, 0.3) is 21.5 Å². The van der Waals surface area contributed by atoms with Crippen molar-refractivity contribution in [1.82, 2.24) is 9.88 Å². The van der Waals surface area contributed by atoms with Crippen LogP contribution in [0, 0.1) is 5.92 Å². The summed E-state index contributed by atoms with van der Waals surface area (Å²) < 4.78 is 0.711. The Labute approximate surface area is 179 Å². The first-order valence-electron chi connectivity index (χ1n) is 8.30. The van der Waals surface area contributed by atoms with E-state index in [-0.39, 0.29) is 30.7 Å². The van der Waals surface area contributed by atoms with E-state index in [2.05, 4.69) is 0 Å². The van der Waals surface area contributed by atoms with Gasteiger partial charge in [0.25, 0.3) is 5.91 Å². The third-order valence-electron chi connectivity index (χ3n) is 4.68. The summed E-state index contributed by atoms with van der Waals surface area (Å²) in [6.07, 6.45) is 0.971. The summed E-state index contributed by atoms with van der Waals surface area (Å²) in [5.74, 6) is 0.450. The lowest BCUT2D eigenvalue weighted by atomic mass is 10.1. The molecule has 1 aliphatic rings. The average Bonchev–Trinajstić information content (AvgIpc) is 3.29. The Hall–Kier alpha value is -1.37. The van der Waals surface area contributed by atoms with Crippen molar-refractivity contribution in [2.45, 2.75) is 6.42 Å². The first-order valence-corrected chi connectivity index (χ1v) is 9.50. The topological polar surface area (TPSA) is 59.2 Å². The van der Waals surface area contributed by atoms with Crippen molar-refractivity contribution in [3.63, 3.8) is 0 Å². The van der Waals surface area contributed by atoms with Gasteiger partial charge >= 0.3 is 0 Å². The number of fused-ring (bicyclic) bond motifs is 1. The van der Waals surface area contributed by atoms with Crippen molar-refractivity contribution in [3.05, 3.63) is 52.4 Å². The van der Waals surface area contributed by atoms with Crippen molar-refractivity contribution in [2.75, 3.05) is 19.6 Å². The molecule has 1 fully saturated rings. The Morgan fingerprint density at radius 1 is 1.26 bits per heavy atom. The minimum Gasteiger partial charge on any atom is -0.338 e. The Balaban J connectivity index is 0.00000131. The number of thiophene rings is 1. The number of carbonyl (C=O) groups is 1. The number of nitrogens with two attached hydrogens (primary N) is 1. The van der Waals surface area contributed by atoms with Gasteiger partial charge in [-0.1, -0.05) is 29.8 Å². The highest BCUT2D eigenvalue weighted by Crippen LogP contribution is 2.33. The maximum Gasteiger partial charge on any atom is 0.254 e. The zero-order chi connectivity index (χ0) is 17.4. The van der Waals surface area contributed by atoms with E-state index in [1.165, 1.54) is 11.3 Å². The maximum absolute atomic E-state index is 13.1. The summed E-state index contributed by atoms with van der Waals surface area (Å²) in [6.45, 7) is 2.11. The second-order valence-corrected chi connectivity index (χ2v) is 8.03. The highest BCUT2D eigenvalue weighted by Gasteiger charge is 2.27. The van der Waals surface area contributed by atoms with Gasteiger partial charge in [-0.25, -0.2) is 4.98 Å². The summed E-state index contributed by atoms with van der Waals surface area (Å²) >= 11 is 7.54. The van der Waals surface area contributed by atoms with Crippen LogP contribution < -0.4 is 5.73 Å². The number of pyridine rings is 1. The standard InChI is InChI=1S/C19H18ClN3OS.2ClH/c20-18-6-5-17(25-18)16-9-14(13-3-1-2-4-15(13)22-16)19(24)23-8-7-12(10-21)11-23;;/h1-6,9,12H,7-8,10-11,21H2;2*1H. The van der Waals surface area contributed by atoms with Crippen molar-refractivity contribution in [1.29, 1.82) is 0 Å². The Morgan fingerprint density at radius 3 is 2.70 bits per heavy atom. The first-order chi connectivity index (χ1) is 12.2. The summed E-state index contributed by atoms with van der Waals surface area (Å²) in [6, 6.07) is 13.5. The Bertz CT molecular complexity index is 947. The number of likely N-dealkylation sites (tertiary alicyclic amines) is 1. The number of aromatic nitrogens is 1. The van der Waals surface area contributed by atoms with Gasteiger partial charge in [-0.3, -0.25) is 4.79 Å². The fraction of sp³-hybridized carbons (Fsp3) is 0.263. The SMILES string of the molecule is Cl.Cl.NCC1CCN(C(=O)c2cc(-c3ccc(Cl)s3)nc3ccccc23)C1. The summed E-state index contributed by atoms with van der Waals surface area (Å²) in [5, 5.41) is 0.884. The summed E-state index contributed by atoms with van der Waals surface area (Å²) in [7, 11) is 0. The van der Waals surface area contributed by atoms with E-state index < -0.39 is 0 Å². The van der Waals surface area contributed by atoms with Crippen LogP contribution in [-0.4, -0.2) is 35.4 Å². The van der Waals surface area contributed by atoms with E-state index in [0.29, 0.717) is 22.4 Å². The van der Waals surface area contributed by atoms with Crippen LogP contribution in [0.3, 0.4) is 0 Å². The highest BCUT2D eigenvalue weighted by atomic mass is 35.5. The average molecular weight is 445 g/mol. The monoisotopic (exact) mass is 443 g/mol. The van der Waals surface area contributed by atoms with Crippen LogP contribution in [0.5, 0.6) is 0 Å². The molecule has 1 aliphatic heterocycles. The van der Waals surface area contributed by atoms with Gasteiger partial charge in [-0.2, -0.15) is 0 Å². The minimum absolute atomic E-state index is 0. The van der Waals surface area contributed by atoms with Gasteiger partial charge < -0.3 is 10.6 Å². The molecule has 1 amide bonds. The van der Waals surface area contributed by atoms with Crippen LogP contribution in [0.15, 0.2) is 42.5 Å². The van der Waals surface area contributed by atoms with Crippen LogP contribution in [0.4, 0.5) is 0 Å². The van der Waals surface area contributed by atoms with Crippen LogP contribution in [0.1, 0.15) is 16.8 Å². The zero-order valence-electron chi connectivity index (χ0n) is 14.4. The Morgan fingerprint density at radius 2 is 2.04 bits per heavy atom. The third kappa shape index (κ3) is 4.39. The van der Waals surface area contributed by atoms with Gasteiger partial charge in [0.1, 0.15) is 0 Å². The molecule has 2 aromatic heterocycles. The lowest BCUT2D eigenvalue weighted by Crippen LogP contribution is -2.30. The van der Waals surface area contributed by atoms with Crippen LogP contribution in [0.2, 0.25) is 4.34 Å². The van der Waals surface area contributed by atoms with Gasteiger partial charge in [0, 0.05) is 18.5 Å². The largest absolute Gasteiger partial charge is 0.338 e. The number of hydrogen-bond acceptors (Lipinski definition) is 4. The van der Waals surface area contributed by atoms with E-state index in [1.807, 2.05) is 47.4 Å². The number of hydrogen-bond donors (Lipinski definition) is 1. The van der Waals surface area contributed by atoms with Crippen molar-refractivity contribution in [3.8, 4) is 10.6 Å². The number of amides is 1. The quantitative estimate of drug-likeness (QED) is 0.626. The highest BCUT2D eigenvalue weighted by molar-refractivity contribution is 7.19. The van der Waals surface area contributed by atoms with Gasteiger partial charge in [-0.05, 0) is 43.1 Å². The second-order valence-electron chi connectivity index (χ2n) is 6.32. The van der Waals surface area contributed by atoms with E-state index in [4.69, 9.17) is 22.3 Å². The lowest BCUT2D eigenvalue weighted by molar-refractivity contribution is 0.0789. The molecule has 3 aromatic rings. The maximum atomic E-state index is 13.1. The van der Waals surface area contributed by atoms with E-state index >= 15 is 0 Å². The fourth-order valence-corrected chi connectivity index (χ4v) is 4.31. The lowest BCUT2D eigenvalue weighted by Gasteiger charge is -2.18. The van der Waals surface area contributed by atoms with Gasteiger partial charge in [-0.15, -0.1) is 36.2 Å². The summed E-state index contributed by atoms with van der Waals surface area (Å²) in [4.78, 5) is 20.7. The molecule has 27 heavy (non-hydrogen) atoms. The van der Waals surface area contributed by atoms with Gasteiger partial charge in [0.15, 0.2) is 0 Å².